The molecule has 0 saturated carbocycles. The van der Waals surface area contributed by atoms with E-state index in [0.717, 1.165) is 35.7 Å². The van der Waals surface area contributed by atoms with Crippen molar-refractivity contribution in [3.05, 3.63) is 17.3 Å². The maximum Gasteiger partial charge on any atom is 0.140 e. The van der Waals surface area contributed by atoms with Crippen molar-refractivity contribution in [2.45, 2.75) is 38.6 Å². The van der Waals surface area contributed by atoms with Gasteiger partial charge in [-0.3, -0.25) is 0 Å². The number of fused-ring (bicyclic) bond motifs is 1. The SMILES string of the molecule is Cc1cc2c(N3CCC(C4CCCN4)CC3)ncnc2s1. The van der Waals surface area contributed by atoms with Gasteiger partial charge in [-0.25, -0.2) is 9.97 Å². The van der Waals surface area contributed by atoms with E-state index in [1.165, 1.54) is 42.5 Å². The van der Waals surface area contributed by atoms with Crippen LogP contribution in [0.25, 0.3) is 10.2 Å². The van der Waals surface area contributed by atoms with E-state index in [1.807, 2.05) is 0 Å². The molecule has 4 nitrogen and oxygen atoms in total. The second-order valence-corrected chi connectivity index (χ2v) is 7.54. The number of piperidine rings is 1. The molecule has 1 unspecified atom stereocenters. The predicted molar refractivity (Wildman–Crippen MR) is 88.1 cm³/mol. The van der Waals surface area contributed by atoms with E-state index in [-0.39, 0.29) is 0 Å². The Kier molecular flexibility index (Phi) is 3.55. The number of thiophene rings is 1. The fraction of sp³-hybridized carbons (Fsp3) is 0.625. The van der Waals surface area contributed by atoms with Crippen LogP contribution in [0.4, 0.5) is 5.82 Å². The molecule has 2 aliphatic rings. The molecule has 5 heteroatoms. The summed E-state index contributed by atoms with van der Waals surface area (Å²) in [7, 11) is 0. The van der Waals surface area contributed by atoms with Crippen LogP contribution >= 0.6 is 11.3 Å². The van der Waals surface area contributed by atoms with Crippen molar-refractivity contribution < 1.29 is 0 Å². The highest BCUT2D eigenvalue weighted by molar-refractivity contribution is 7.18. The largest absolute Gasteiger partial charge is 0.356 e. The summed E-state index contributed by atoms with van der Waals surface area (Å²) in [6, 6.07) is 3.00. The summed E-state index contributed by atoms with van der Waals surface area (Å²) in [5.41, 5.74) is 0. The van der Waals surface area contributed by atoms with Gasteiger partial charge in [0.15, 0.2) is 0 Å². The minimum atomic E-state index is 0.765. The number of aryl methyl sites for hydroxylation is 1. The molecule has 0 amide bonds. The second-order valence-electron chi connectivity index (χ2n) is 6.30. The van der Waals surface area contributed by atoms with Crippen LogP contribution in [0.5, 0.6) is 0 Å². The van der Waals surface area contributed by atoms with Crippen LogP contribution in [0.3, 0.4) is 0 Å². The molecule has 1 atom stereocenters. The molecule has 2 aromatic heterocycles. The lowest BCUT2D eigenvalue weighted by Gasteiger charge is -2.35. The number of rotatable bonds is 2. The number of aromatic nitrogens is 2. The third-order valence-electron chi connectivity index (χ3n) is 4.94. The van der Waals surface area contributed by atoms with Crippen LogP contribution in [0, 0.1) is 12.8 Å². The maximum absolute atomic E-state index is 4.57. The fourth-order valence-corrected chi connectivity index (χ4v) is 4.68. The number of hydrogen-bond acceptors (Lipinski definition) is 5. The Hall–Kier alpha value is -1.20. The van der Waals surface area contributed by atoms with Gasteiger partial charge in [0.2, 0.25) is 0 Å². The highest BCUT2D eigenvalue weighted by Crippen LogP contribution is 2.33. The first-order chi connectivity index (χ1) is 10.3. The van der Waals surface area contributed by atoms with Gasteiger partial charge in [0.25, 0.3) is 0 Å². The van der Waals surface area contributed by atoms with E-state index in [2.05, 4.69) is 33.2 Å². The van der Waals surface area contributed by atoms with Gasteiger partial charge < -0.3 is 10.2 Å². The average molecular weight is 302 g/mol. The van der Waals surface area contributed by atoms with Crippen LogP contribution < -0.4 is 10.2 Å². The van der Waals surface area contributed by atoms with Gasteiger partial charge in [-0.05, 0) is 51.1 Å². The molecular weight excluding hydrogens is 280 g/mol. The zero-order chi connectivity index (χ0) is 14.2. The van der Waals surface area contributed by atoms with E-state index < -0.39 is 0 Å². The predicted octanol–water partition coefficient (Wildman–Crippen LogP) is 2.97. The number of nitrogens with zero attached hydrogens (tertiary/aromatic N) is 3. The van der Waals surface area contributed by atoms with Gasteiger partial charge in [0, 0.05) is 24.0 Å². The molecule has 4 heterocycles. The standard InChI is InChI=1S/C16H22N4S/c1-11-9-13-15(18-10-19-16(13)21-11)20-7-4-12(5-8-20)14-3-2-6-17-14/h9-10,12,14,17H,2-8H2,1H3. The minimum Gasteiger partial charge on any atom is -0.356 e. The van der Waals surface area contributed by atoms with Crippen molar-refractivity contribution in [2.24, 2.45) is 5.92 Å². The molecular formula is C16H22N4S. The van der Waals surface area contributed by atoms with E-state index in [0.29, 0.717) is 0 Å². The van der Waals surface area contributed by atoms with Crippen LogP contribution in [0.1, 0.15) is 30.6 Å². The number of nitrogens with one attached hydrogen (secondary N) is 1. The Morgan fingerprint density at radius 2 is 2.10 bits per heavy atom. The molecule has 1 N–H and O–H groups in total. The highest BCUT2D eigenvalue weighted by atomic mass is 32.1. The Morgan fingerprint density at radius 3 is 2.86 bits per heavy atom. The van der Waals surface area contributed by atoms with Gasteiger partial charge in [-0.2, -0.15) is 0 Å². The van der Waals surface area contributed by atoms with Crippen molar-refractivity contribution in [2.75, 3.05) is 24.5 Å². The summed E-state index contributed by atoms with van der Waals surface area (Å²) in [4.78, 5) is 13.9. The second kappa shape index (κ2) is 5.54. The van der Waals surface area contributed by atoms with Gasteiger partial charge in [0.1, 0.15) is 17.0 Å². The van der Waals surface area contributed by atoms with Crippen LogP contribution in [0.15, 0.2) is 12.4 Å². The molecule has 21 heavy (non-hydrogen) atoms. The third-order valence-corrected chi connectivity index (χ3v) is 5.90. The number of hydrogen-bond donors (Lipinski definition) is 1. The fourth-order valence-electron chi connectivity index (χ4n) is 3.84. The topological polar surface area (TPSA) is 41.0 Å². The van der Waals surface area contributed by atoms with Crippen LogP contribution in [0.2, 0.25) is 0 Å². The molecule has 2 fully saturated rings. The van der Waals surface area contributed by atoms with Crippen molar-refractivity contribution in [3.63, 3.8) is 0 Å². The average Bonchev–Trinajstić information content (AvgIpc) is 3.15. The first-order valence-corrected chi connectivity index (χ1v) is 8.82. The summed E-state index contributed by atoms with van der Waals surface area (Å²) in [5, 5.41) is 4.91. The van der Waals surface area contributed by atoms with Crippen molar-refractivity contribution in [1.29, 1.82) is 0 Å². The Balaban J connectivity index is 1.52. The summed E-state index contributed by atoms with van der Waals surface area (Å²) < 4.78 is 0. The molecule has 0 bridgehead atoms. The van der Waals surface area contributed by atoms with Gasteiger partial charge in [0.05, 0.1) is 5.39 Å². The molecule has 4 rings (SSSR count). The van der Waals surface area contributed by atoms with E-state index in [9.17, 15) is 0 Å². The monoisotopic (exact) mass is 302 g/mol. The molecule has 0 spiro atoms. The molecule has 2 aromatic rings. The molecule has 2 saturated heterocycles. The third kappa shape index (κ3) is 2.53. The molecule has 2 aliphatic heterocycles. The van der Waals surface area contributed by atoms with Gasteiger partial charge in [-0.15, -0.1) is 11.3 Å². The molecule has 0 radical (unpaired) electrons. The molecule has 0 aliphatic carbocycles. The Labute approximate surface area is 129 Å². The summed E-state index contributed by atoms with van der Waals surface area (Å²) in [6.07, 6.45) is 7.01. The Morgan fingerprint density at radius 1 is 1.24 bits per heavy atom. The first-order valence-electron chi connectivity index (χ1n) is 8.01. The van der Waals surface area contributed by atoms with Crippen molar-refractivity contribution in [3.8, 4) is 0 Å². The maximum atomic E-state index is 4.57. The van der Waals surface area contributed by atoms with E-state index in [1.54, 1.807) is 17.7 Å². The number of anilines is 1. The lowest BCUT2D eigenvalue weighted by molar-refractivity contribution is 0.318. The zero-order valence-electron chi connectivity index (χ0n) is 12.5. The quantitative estimate of drug-likeness (QED) is 0.926. The highest BCUT2D eigenvalue weighted by Gasteiger charge is 2.29. The molecule has 0 aromatic carbocycles. The lowest BCUT2D eigenvalue weighted by Crippen LogP contribution is -2.41. The minimum absolute atomic E-state index is 0.765. The van der Waals surface area contributed by atoms with E-state index >= 15 is 0 Å². The summed E-state index contributed by atoms with van der Waals surface area (Å²) >= 11 is 1.76. The van der Waals surface area contributed by atoms with Crippen LogP contribution in [-0.4, -0.2) is 35.6 Å². The summed E-state index contributed by atoms with van der Waals surface area (Å²) in [6.45, 7) is 5.62. The van der Waals surface area contributed by atoms with E-state index in [4.69, 9.17) is 0 Å². The van der Waals surface area contributed by atoms with Gasteiger partial charge in [-0.1, -0.05) is 0 Å². The van der Waals surface area contributed by atoms with Crippen molar-refractivity contribution in [1.82, 2.24) is 15.3 Å². The van der Waals surface area contributed by atoms with Gasteiger partial charge >= 0.3 is 0 Å². The molecule has 112 valence electrons. The first kappa shape index (κ1) is 13.5. The zero-order valence-corrected chi connectivity index (χ0v) is 13.3. The Bertz CT molecular complexity index is 624. The normalized spacial score (nSPS) is 24.0. The lowest BCUT2D eigenvalue weighted by atomic mass is 9.88. The smallest absolute Gasteiger partial charge is 0.140 e. The summed E-state index contributed by atoms with van der Waals surface area (Å²) in [5.74, 6) is 1.99. The van der Waals surface area contributed by atoms with Crippen molar-refractivity contribution >= 4 is 27.4 Å². The van der Waals surface area contributed by atoms with Crippen LogP contribution in [-0.2, 0) is 0 Å².